The Morgan fingerprint density at radius 2 is 1.89 bits per heavy atom. The molecule has 1 saturated carbocycles. The van der Waals surface area contributed by atoms with Gasteiger partial charge in [-0.2, -0.15) is 0 Å². The molecule has 1 fully saturated rings. The normalized spacial score (nSPS) is 19.3. The van der Waals surface area contributed by atoms with Gasteiger partial charge in [0, 0.05) is 10.5 Å². The standard InChI is InChI=1S/C15H20BrNO2/c16-12-5-3-11(4-6-12)13(17)9-15(10-14(18)19)7-1-2-8-15/h3-6,13H,1-2,7-10,17H2,(H,18,19). The van der Waals surface area contributed by atoms with Crippen molar-refractivity contribution < 1.29 is 9.90 Å². The number of carbonyl (C=O) groups is 1. The molecule has 4 heteroatoms. The van der Waals surface area contributed by atoms with Crippen LogP contribution in [0.5, 0.6) is 0 Å². The Balaban J connectivity index is 2.08. The zero-order chi connectivity index (χ0) is 13.9. The molecule has 0 saturated heterocycles. The molecule has 0 radical (unpaired) electrons. The summed E-state index contributed by atoms with van der Waals surface area (Å²) in [5.74, 6) is -0.704. The van der Waals surface area contributed by atoms with Crippen molar-refractivity contribution in [3.05, 3.63) is 34.3 Å². The van der Waals surface area contributed by atoms with Crippen LogP contribution in [0.4, 0.5) is 0 Å². The molecule has 19 heavy (non-hydrogen) atoms. The van der Waals surface area contributed by atoms with Crippen molar-refractivity contribution in [1.29, 1.82) is 0 Å². The highest BCUT2D eigenvalue weighted by atomic mass is 79.9. The van der Waals surface area contributed by atoms with Gasteiger partial charge in [-0.05, 0) is 42.4 Å². The molecule has 104 valence electrons. The van der Waals surface area contributed by atoms with Gasteiger partial charge in [0.1, 0.15) is 0 Å². The monoisotopic (exact) mass is 325 g/mol. The third-order valence-corrected chi connectivity index (χ3v) is 4.67. The molecule has 3 nitrogen and oxygen atoms in total. The van der Waals surface area contributed by atoms with Gasteiger partial charge in [0.25, 0.3) is 0 Å². The summed E-state index contributed by atoms with van der Waals surface area (Å²) in [6.07, 6.45) is 5.24. The van der Waals surface area contributed by atoms with Crippen molar-refractivity contribution in [1.82, 2.24) is 0 Å². The fourth-order valence-corrected chi connectivity index (χ4v) is 3.46. The summed E-state index contributed by atoms with van der Waals surface area (Å²) < 4.78 is 1.03. The SMILES string of the molecule is NC(CC1(CC(=O)O)CCCC1)c1ccc(Br)cc1. The smallest absolute Gasteiger partial charge is 0.303 e. The molecule has 1 aromatic rings. The number of aliphatic carboxylic acids is 1. The van der Waals surface area contributed by atoms with Crippen LogP contribution >= 0.6 is 15.9 Å². The van der Waals surface area contributed by atoms with E-state index < -0.39 is 5.97 Å². The van der Waals surface area contributed by atoms with E-state index in [2.05, 4.69) is 15.9 Å². The Bertz CT molecular complexity index is 438. The fraction of sp³-hybridized carbons (Fsp3) is 0.533. The van der Waals surface area contributed by atoms with Crippen LogP contribution in [0.1, 0.15) is 50.1 Å². The van der Waals surface area contributed by atoms with Gasteiger partial charge in [-0.1, -0.05) is 40.9 Å². The Morgan fingerprint density at radius 1 is 1.32 bits per heavy atom. The lowest BCUT2D eigenvalue weighted by Gasteiger charge is -2.30. The molecule has 1 unspecified atom stereocenters. The largest absolute Gasteiger partial charge is 0.481 e. The maximum Gasteiger partial charge on any atom is 0.303 e. The van der Waals surface area contributed by atoms with Crippen molar-refractivity contribution in [3.8, 4) is 0 Å². The van der Waals surface area contributed by atoms with Gasteiger partial charge in [-0.3, -0.25) is 4.79 Å². The highest BCUT2D eigenvalue weighted by molar-refractivity contribution is 9.10. The fourth-order valence-electron chi connectivity index (χ4n) is 3.19. The second-order valence-electron chi connectivity index (χ2n) is 5.64. The zero-order valence-electron chi connectivity index (χ0n) is 10.9. The summed E-state index contributed by atoms with van der Waals surface area (Å²) in [6, 6.07) is 7.91. The van der Waals surface area contributed by atoms with Crippen LogP contribution in [0.25, 0.3) is 0 Å². The first-order valence-corrected chi connectivity index (χ1v) is 7.53. The number of rotatable bonds is 5. The predicted molar refractivity (Wildman–Crippen MR) is 78.8 cm³/mol. The van der Waals surface area contributed by atoms with E-state index in [4.69, 9.17) is 10.8 Å². The van der Waals surface area contributed by atoms with Crippen LogP contribution < -0.4 is 5.73 Å². The summed E-state index contributed by atoms with van der Waals surface area (Å²) in [5, 5.41) is 9.11. The lowest BCUT2D eigenvalue weighted by Crippen LogP contribution is -2.27. The average Bonchev–Trinajstić information content (AvgIpc) is 2.77. The number of nitrogens with two attached hydrogens (primary N) is 1. The van der Waals surface area contributed by atoms with Crippen molar-refractivity contribution in [2.75, 3.05) is 0 Å². The van der Waals surface area contributed by atoms with Gasteiger partial charge < -0.3 is 10.8 Å². The Hall–Kier alpha value is -0.870. The van der Waals surface area contributed by atoms with E-state index in [1.807, 2.05) is 24.3 Å². The van der Waals surface area contributed by atoms with Crippen molar-refractivity contribution in [2.45, 2.75) is 44.6 Å². The number of carboxylic acid groups (broad SMARTS) is 1. The van der Waals surface area contributed by atoms with E-state index in [0.29, 0.717) is 0 Å². The number of benzene rings is 1. The Kier molecular flexibility index (Phi) is 4.63. The van der Waals surface area contributed by atoms with E-state index in [9.17, 15) is 4.79 Å². The number of hydrogen-bond donors (Lipinski definition) is 2. The quantitative estimate of drug-likeness (QED) is 0.863. The number of halogens is 1. The summed E-state index contributed by atoms with van der Waals surface area (Å²) in [4.78, 5) is 11.1. The predicted octanol–water partition coefficient (Wildman–Crippen LogP) is 3.87. The third kappa shape index (κ3) is 3.80. The Morgan fingerprint density at radius 3 is 2.42 bits per heavy atom. The zero-order valence-corrected chi connectivity index (χ0v) is 12.5. The van der Waals surface area contributed by atoms with Crippen LogP contribution in [0, 0.1) is 5.41 Å². The molecule has 1 aliphatic carbocycles. The molecular formula is C15H20BrNO2. The van der Waals surface area contributed by atoms with Crippen LogP contribution in [0.15, 0.2) is 28.7 Å². The number of carboxylic acids is 1. The minimum absolute atomic E-state index is 0.0782. The molecule has 1 atom stereocenters. The summed E-state index contributed by atoms with van der Waals surface area (Å²) in [6.45, 7) is 0. The minimum Gasteiger partial charge on any atom is -0.481 e. The van der Waals surface area contributed by atoms with Crippen molar-refractivity contribution in [3.63, 3.8) is 0 Å². The first kappa shape index (κ1) is 14.5. The lowest BCUT2D eigenvalue weighted by atomic mass is 9.76. The van der Waals surface area contributed by atoms with E-state index in [1.165, 1.54) is 0 Å². The summed E-state index contributed by atoms with van der Waals surface area (Å²) >= 11 is 3.41. The second-order valence-corrected chi connectivity index (χ2v) is 6.56. The van der Waals surface area contributed by atoms with Gasteiger partial charge in [-0.15, -0.1) is 0 Å². The van der Waals surface area contributed by atoms with E-state index in [1.54, 1.807) is 0 Å². The molecule has 1 aromatic carbocycles. The van der Waals surface area contributed by atoms with Gasteiger partial charge in [-0.25, -0.2) is 0 Å². The molecule has 0 bridgehead atoms. The van der Waals surface area contributed by atoms with E-state index >= 15 is 0 Å². The lowest BCUT2D eigenvalue weighted by molar-refractivity contribution is -0.139. The molecule has 0 aromatic heterocycles. The number of hydrogen-bond acceptors (Lipinski definition) is 2. The topological polar surface area (TPSA) is 63.3 Å². The van der Waals surface area contributed by atoms with Crippen LogP contribution in [0.2, 0.25) is 0 Å². The molecular weight excluding hydrogens is 306 g/mol. The van der Waals surface area contributed by atoms with Crippen LogP contribution in [-0.2, 0) is 4.79 Å². The molecule has 0 aliphatic heterocycles. The van der Waals surface area contributed by atoms with Crippen LogP contribution in [-0.4, -0.2) is 11.1 Å². The van der Waals surface area contributed by atoms with Gasteiger partial charge in [0.05, 0.1) is 6.42 Å². The molecule has 0 heterocycles. The molecule has 0 spiro atoms. The van der Waals surface area contributed by atoms with Gasteiger partial charge in [0.15, 0.2) is 0 Å². The van der Waals surface area contributed by atoms with Crippen LogP contribution in [0.3, 0.4) is 0 Å². The third-order valence-electron chi connectivity index (χ3n) is 4.14. The van der Waals surface area contributed by atoms with Crippen molar-refractivity contribution >= 4 is 21.9 Å². The summed E-state index contributed by atoms with van der Waals surface area (Å²) in [5.41, 5.74) is 7.26. The minimum atomic E-state index is -0.704. The highest BCUT2D eigenvalue weighted by Gasteiger charge is 2.37. The van der Waals surface area contributed by atoms with Crippen molar-refractivity contribution in [2.24, 2.45) is 11.1 Å². The van der Waals surface area contributed by atoms with E-state index in [0.717, 1.165) is 42.1 Å². The second kappa shape index (κ2) is 6.06. The highest BCUT2D eigenvalue weighted by Crippen LogP contribution is 2.46. The molecule has 0 amide bonds. The summed E-state index contributed by atoms with van der Waals surface area (Å²) in [7, 11) is 0. The van der Waals surface area contributed by atoms with Gasteiger partial charge >= 0.3 is 5.97 Å². The first-order chi connectivity index (χ1) is 9.01. The van der Waals surface area contributed by atoms with E-state index in [-0.39, 0.29) is 17.9 Å². The Labute approximate surface area is 122 Å². The molecule has 1 aliphatic rings. The average molecular weight is 326 g/mol. The van der Waals surface area contributed by atoms with Gasteiger partial charge in [0.2, 0.25) is 0 Å². The maximum absolute atomic E-state index is 11.1. The first-order valence-electron chi connectivity index (χ1n) is 6.74. The molecule has 2 rings (SSSR count). The molecule has 3 N–H and O–H groups in total. The maximum atomic E-state index is 11.1.